The largest absolute Gasteiger partial charge is 0.467 e. The number of carbonyl (C=O) groups excluding carboxylic acids is 4. The second-order valence-corrected chi connectivity index (χ2v) is 10.9. The molecule has 0 heterocycles. The number of amides is 3. The molecule has 0 saturated heterocycles. The molecule has 0 fully saturated rings. The zero-order valence-electron chi connectivity index (χ0n) is 27.2. The van der Waals surface area contributed by atoms with E-state index in [1.54, 1.807) is 0 Å². The molecule has 5 atom stereocenters. The number of aliphatic hydroxyl groups excluding tert-OH is 3. The molecule has 5 unspecified atom stereocenters. The van der Waals surface area contributed by atoms with Gasteiger partial charge in [-0.2, -0.15) is 0 Å². The Labute approximate surface area is 263 Å². The Morgan fingerprint density at radius 2 is 1.41 bits per heavy atom. The lowest BCUT2D eigenvalue weighted by Gasteiger charge is -2.37. The number of nitrogens with zero attached hydrogens (tertiary/aromatic N) is 2. The van der Waals surface area contributed by atoms with Gasteiger partial charge < -0.3 is 40.7 Å². The normalized spacial score (nSPS) is 14.8. The van der Waals surface area contributed by atoms with Crippen molar-refractivity contribution in [2.24, 2.45) is 5.73 Å². The first-order valence-corrected chi connectivity index (χ1v) is 15.9. The molecule has 0 aromatic rings. The van der Waals surface area contributed by atoms with Crippen LogP contribution in [0.5, 0.6) is 0 Å². The number of nitrogens with one attached hydrogen (secondary N) is 1. The van der Waals surface area contributed by atoms with Crippen LogP contribution in [-0.2, 0) is 28.7 Å². The van der Waals surface area contributed by atoms with Crippen molar-refractivity contribution in [3.05, 3.63) is 12.3 Å². The van der Waals surface area contributed by atoms with Crippen LogP contribution in [-0.4, -0.2) is 108 Å². The Morgan fingerprint density at radius 3 is 1.84 bits per heavy atom. The number of hydrogen-bond acceptors (Lipinski definition) is 10. The van der Waals surface area contributed by atoms with Gasteiger partial charge in [0.2, 0.25) is 18.2 Å². The summed E-state index contributed by atoms with van der Waals surface area (Å²) in [6.07, 6.45) is 10.2. The summed E-state index contributed by atoms with van der Waals surface area (Å²) >= 11 is 0. The number of carbonyl (C=O) groups is 4. The van der Waals surface area contributed by atoms with Crippen molar-refractivity contribution in [1.82, 2.24) is 15.1 Å². The van der Waals surface area contributed by atoms with Crippen LogP contribution in [0.4, 0.5) is 0 Å². The van der Waals surface area contributed by atoms with Crippen molar-refractivity contribution < 1.29 is 44.0 Å². The minimum absolute atomic E-state index is 0.0638. The zero-order valence-corrected chi connectivity index (χ0v) is 27.2. The van der Waals surface area contributed by atoms with Crippen molar-refractivity contribution in [2.75, 3.05) is 27.8 Å². The van der Waals surface area contributed by atoms with Gasteiger partial charge in [-0.25, -0.2) is 4.79 Å². The lowest BCUT2D eigenvalue weighted by Crippen LogP contribution is -2.56. The molecule has 6 N–H and O–H groups in total. The molecule has 44 heavy (non-hydrogen) atoms. The third-order valence-electron chi connectivity index (χ3n) is 7.64. The molecule has 0 bridgehead atoms. The first kappa shape index (κ1) is 41.4. The highest BCUT2D eigenvalue weighted by Crippen LogP contribution is 2.21. The summed E-state index contributed by atoms with van der Waals surface area (Å²) in [5, 5.41) is 34.3. The van der Waals surface area contributed by atoms with Crippen molar-refractivity contribution in [3.8, 4) is 0 Å². The van der Waals surface area contributed by atoms with Crippen LogP contribution in [0.1, 0.15) is 103 Å². The molecular weight excluding hydrogens is 572 g/mol. The van der Waals surface area contributed by atoms with Crippen LogP contribution in [0.15, 0.2) is 12.3 Å². The monoisotopic (exact) mass is 630 g/mol. The number of nitrogens with two attached hydrogens (primary N) is 1. The van der Waals surface area contributed by atoms with Gasteiger partial charge in [-0.1, -0.05) is 84.0 Å². The summed E-state index contributed by atoms with van der Waals surface area (Å²) in [5.74, 6) is -1.96. The van der Waals surface area contributed by atoms with Gasteiger partial charge in [-0.15, -0.1) is 0 Å². The smallest absolute Gasteiger partial charge is 0.328 e. The van der Waals surface area contributed by atoms with Gasteiger partial charge in [0.05, 0.1) is 13.2 Å². The number of rotatable bonds is 27. The highest BCUT2D eigenvalue weighted by molar-refractivity contribution is 5.87. The van der Waals surface area contributed by atoms with Gasteiger partial charge in [0.1, 0.15) is 18.4 Å². The highest BCUT2D eigenvalue weighted by Gasteiger charge is 2.40. The Balaban J connectivity index is 5.18. The molecule has 0 saturated carbocycles. The predicted molar refractivity (Wildman–Crippen MR) is 167 cm³/mol. The van der Waals surface area contributed by atoms with E-state index in [-0.39, 0.29) is 19.4 Å². The average molecular weight is 631 g/mol. The van der Waals surface area contributed by atoms with Crippen molar-refractivity contribution in [3.63, 3.8) is 0 Å². The average Bonchev–Trinajstić information content (AvgIpc) is 3.03. The van der Waals surface area contributed by atoms with Crippen LogP contribution in [0.3, 0.4) is 0 Å². The first-order valence-electron chi connectivity index (χ1n) is 15.9. The lowest BCUT2D eigenvalue weighted by molar-refractivity contribution is -0.169. The van der Waals surface area contributed by atoms with Gasteiger partial charge in [-0.05, 0) is 6.42 Å². The number of ether oxygens (including phenoxy) is 2. The fourth-order valence-electron chi connectivity index (χ4n) is 4.93. The topological polar surface area (TPSA) is 192 Å². The van der Waals surface area contributed by atoms with E-state index in [9.17, 15) is 34.5 Å². The molecule has 0 radical (unpaired) electrons. The van der Waals surface area contributed by atoms with Crippen molar-refractivity contribution in [1.29, 1.82) is 0 Å². The second-order valence-electron chi connectivity index (χ2n) is 10.9. The summed E-state index contributed by atoms with van der Waals surface area (Å²) in [5.41, 5.74) is 5.66. The zero-order chi connectivity index (χ0) is 33.3. The number of hydrogen-bond donors (Lipinski definition) is 5. The minimum atomic E-state index is -1.87. The molecule has 3 amide bonds. The molecule has 0 aliphatic carbocycles. The van der Waals surface area contributed by atoms with E-state index in [2.05, 4.69) is 12.2 Å². The molecule has 0 spiro atoms. The maximum atomic E-state index is 13.3. The van der Waals surface area contributed by atoms with Gasteiger partial charge in [0, 0.05) is 45.8 Å². The number of likely N-dealkylation sites (N-methyl/N-ethyl adjacent to an activating group) is 1. The van der Waals surface area contributed by atoms with Crippen LogP contribution >= 0.6 is 0 Å². The summed E-state index contributed by atoms with van der Waals surface area (Å²) in [6.45, 7) is 1.86. The molecule has 0 aliphatic rings. The number of methoxy groups -OCH3 is 2. The molecule has 256 valence electrons. The van der Waals surface area contributed by atoms with Gasteiger partial charge in [-0.3, -0.25) is 19.3 Å². The van der Waals surface area contributed by atoms with Crippen LogP contribution in [0, 0.1) is 0 Å². The fourth-order valence-corrected chi connectivity index (χ4v) is 4.93. The molecule has 0 aromatic heterocycles. The molecule has 0 aromatic carbocycles. The van der Waals surface area contributed by atoms with E-state index in [0.29, 0.717) is 11.3 Å². The molecule has 13 nitrogen and oxygen atoms in total. The summed E-state index contributed by atoms with van der Waals surface area (Å²) < 4.78 is 10.2. The minimum Gasteiger partial charge on any atom is -0.467 e. The predicted octanol–water partition coefficient (Wildman–Crippen LogP) is 1.92. The first-order chi connectivity index (χ1) is 21.1. The van der Waals surface area contributed by atoms with Gasteiger partial charge in [0.25, 0.3) is 0 Å². The number of unbranched alkanes of at least 4 members (excludes halogenated alkanes) is 12. The quantitative estimate of drug-likeness (QED) is 0.0294. The second kappa shape index (κ2) is 25.7. The Kier molecular flexibility index (Phi) is 24.2. The Bertz CT molecular complexity index is 830. The van der Waals surface area contributed by atoms with E-state index < -0.39 is 54.9 Å². The lowest BCUT2D eigenvalue weighted by atomic mass is 10.00. The highest BCUT2D eigenvalue weighted by atomic mass is 16.5. The van der Waals surface area contributed by atoms with Crippen LogP contribution in [0.2, 0.25) is 0 Å². The molecule has 0 rings (SSSR count). The van der Waals surface area contributed by atoms with Gasteiger partial charge in [0.15, 0.2) is 6.23 Å². The van der Waals surface area contributed by atoms with E-state index in [1.165, 1.54) is 65.5 Å². The Morgan fingerprint density at radius 1 is 0.886 bits per heavy atom. The third-order valence-corrected chi connectivity index (χ3v) is 7.64. The van der Waals surface area contributed by atoms with Gasteiger partial charge >= 0.3 is 5.97 Å². The maximum absolute atomic E-state index is 13.3. The van der Waals surface area contributed by atoms with E-state index in [4.69, 9.17) is 15.2 Å². The van der Waals surface area contributed by atoms with Crippen molar-refractivity contribution >= 4 is 24.2 Å². The summed E-state index contributed by atoms with van der Waals surface area (Å²) in [7, 11) is 3.70. The number of aliphatic hydroxyl groups is 3. The SMILES string of the molecule is CCCCCCCCCCCCCCCC(=O)N(C(O)CN)C(CC(OC)C(O)C(O)N(C=O)/C=C\C(=O)NC)C(=O)OC. The summed E-state index contributed by atoms with van der Waals surface area (Å²) in [4.78, 5) is 50.6. The molecule has 0 aliphatic heterocycles. The molecular formula is C31H58N4O9. The van der Waals surface area contributed by atoms with Crippen LogP contribution in [0.25, 0.3) is 0 Å². The van der Waals surface area contributed by atoms with E-state index >= 15 is 0 Å². The fraction of sp³-hybridized carbons (Fsp3) is 0.806. The van der Waals surface area contributed by atoms with Crippen LogP contribution < -0.4 is 11.1 Å². The number of esters is 1. The molecule has 13 heteroatoms. The Hall–Kier alpha value is -2.58. The van der Waals surface area contributed by atoms with Crippen molar-refractivity contribution in [2.45, 2.75) is 134 Å². The van der Waals surface area contributed by atoms with E-state index in [1.807, 2.05) is 0 Å². The summed E-state index contributed by atoms with van der Waals surface area (Å²) in [6, 6.07) is -1.41. The standard InChI is InChI=1S/C31H58N4O9/c1-5-6-7-8-9-10-11-12-13-14-15-16-17-18-27(38)35(28(39)22-32)24(31(42)44-4)21-25(43-3)29(40)30(41)34(23-36)20-19-26(37)33-2/h19-20,23-25,28-30,39-41H,5-18,21-22,32H2,1-4H3,(H,33,37)/b20-19-. The maximum Gasteiger partial charge on any atom is 0.328 e. The third kappa shape index (κ3) is 16.5. The van der Waals surface area contributed by atoms with E-state index in [0.717, 1.165) is 50.0 Å².